The van der Waals surface area contributed by atoms with Gasteiger partial charge in [0, 0.05) is 24.1 Å². The molecular weight excluding hydrogens is 553 g/mol. The number of carbonyl (C=O) groups is 3. The highest BCUT2D eigenvalue weighted by Crippen LogP contribution is 2.48. The number of nitrogens with one attached hydrogen (secondary N) is 2. The minimum absolute atomic E-state index is 0.0275. The van der Waals surface area contributed by atoms with Crippen LogP contribution in [-0.2, 0) is 24.3 Å². The Labute approximate surface area is 237 Å². The van der Waals surface area contributed by atoms with Gasteiger partial charge in [-0.25, -0.2) is 17.6 Å². The Bertz CT molecular complexity index is 1620. The number of ether oxygens (including phenoxy) is 1. The van der Waals surface area contributed by atoms with Gasteiger partial charge >= 0.3 is 5.97 Å². The fraction of sp³-hybridized carbons (Fsp3) is 0.414. The van der Waals surface area contributed by atoms with Crippen LogP contribution in [0.2, 0.25) is 0 Å². The van der Waals surface area contributed by atoms with Crippen molar-refractivity contribution in [3.8, 4) is 11.3 Å². The summed E-state index contributed by atoms with van der Waals surface area (Å²) in [5.41, 5.74) is 0.687. The van der Waals surface area contributed by atoms with E-state index in [1.807, 2.05) is 0 Å². The minimum atomic E-state index is -3.98. The SMILES string of the molecule is CNC(=O)c1c(-c2ccc(F)cc2)oc2cc(N(CC(=O)NC3(C(=O)OC)CCCC3)S(C)(=O)=O)c(C3CC3)cc12. The molecule has 2 aliphatic carbocycles. The number of esters is 1. The van der Waals surface area contributed by atoms with E-state index in [-0.39, 0.29) is 28.5 Å². The lowest BCUT2D eigenvalue weighted by atomic mass is 9.97. The number of hydrogen-bond acceptors (Lipinski definition) is 7. The zero-order chi connectivity index (χ0) is 29.5. The number of hydrogen-bond donors (Lipinski definition) is 2. The van der Waals surface area contributed by atoms with E-state index >= 15 is 0 Å². The summed E-state index contributed by atoms with van der Waals surface area (Å²) in [4.78, 5) is 38.8. The van der Waals surface area contributed by atoms with Crippen LogP contribution in [-0.4, -0.2) is 58.7 Å². The van der Waals surface area contributed by atoms with Crippen molar-refractivity contribution in [3.63, 3.8) is 0 Å². The highest BCUT2D eigenvalue weighted by atomic mass is 32.2. The molecule has 0 radical (unpaired) electrons. The van der Waals surface area contributed by atoms with Gasteiger partial charge in [-0.2, -0.15) is 0 Å². The molecule has 2 aliphatic rings. The number of fused-ring (bicyclic) bond motifs is 1. The van der Waals surface area contributed by atoms with Crippen LogP contribution in [0.3, 0.4) is 0 Å². The molecule has 0 spiro atoms. The largest absolute Gasteiger partial charge is 0.467 e. The number of benzene rings is 2. The number of anilines is 1. The van der Waals surface area contributed by atoms with Crippen molar-refractivity contribution < 1.29 is 36.3 Å². The first-order valence-corrected chi connectivity index (χ1v) is 15.3. The predicted molar refractivity (Wildman–Crippen MR) is 151 cm³/mol. The van der Waals surface area contributed by atoms with Gasteiger partial charge in [0.1, 0.15) is 29.2 Å². The maximum Gasteiger partial charge on any atom is 0.331 e. The van der Waals surface area contributed by atoms with E-state index in [9.17, 15) is 27.2 Å². The second kappa shape index (κ2) is 10.8. The molecule has 2 N–H and O–H groups in total. The summed E-state index contributed by atoms with van der Waals surface area (Å²) < 4.78 is 51.9. The predicted octanol–water partition coefficient (Wildman–Crippen LogP) is 3.84. The molecule has 218 valence electrons. The Morgan fingerprint density at radius 2 is 1.78 bits per heavy atom. The first-order chi connectivity index (χ1) is 19.5. The summed E-state index contributed by atoms with van der Waals surface area (Å²) in [5, 5.41) is 5.84. The molecule has 41 heavy (non-hydrogen) atoms. The monoisotopic (exact) mass is 585 g/mol. The first-order valence-electron chi connectivity index (χ1n) is 13.4. The van der Waals surface area contributed by atoms with Crippen molar-refractivity contribution in [2.45, 2.75) is 50.0 Å². The molecule has 0 unspecified atom stereocenters. The van der Waals surface area contributed by atoms with Crippen LogP contribution in [0.5, 0.6) is 0 Å². The smallest absolute Gasteiger partial charge is 0.331 e. The Kier molecular flexibility index (Phi) is 7.54. The molecule has 2 saturated carbocycles. The molecule has 0 saturated heterocycles. The highest BCUT2D eigenvalue weighted by molar-refractivity contribution is 7.92. The standard InChI is InChI=1S/C29H32FN3O7S/c1-31-27(35)25-21-14-20(17-6-7-17)22(15-23(21)40-26(25)18-8-10-19(30)11-9-18)33(41(3,37)38)16-24(34)32-29(28(36)39-2)12-4-5-13-29/h8-11,14-15,17H,4-7,12-13,16H2,1-3H3,(H,31,35)(H,32,34). The highest BCUT2D eigenvalue weighted by Gasteiger charge is 2.44. The zero-order valence-electron chi connectivity index (χ0n) is 23.1. The van der Waals surface area contributed by atoms with Crippen molar-refractivity contribution >= 4 is 44.5 Å². The van der Waals surface area contributed by atoms with Crippen LogP contribution < -0.4 is 14.9 Å². The lowest BCUT2D eigenvalue weighted by molar-refractivity contribution is -0.150. The van der Waals surface area contributed by atoms with Crippen molar-refractivity contribution in [3.05, 3.63) is 53.3 Å². The molecule has 1 aromatic heterocycles. The van der Waals surface area contributed by atoms with Gasteiger partial charge < -0.3 is 19.8 Å². The van der Waals surface area contributed by atoms with E-state index in [4.69, 9.17) is 9.15 Å². The molecule has 5 rings (SSSR count). The zero-order valence-corrected chi connectivity index (χ0v) is 23.9. The van der Waals surface area contributed by atoms with Gasteiger partial charge in [0.15, 0.2) is 0 Å². The average Bonchev–Trinajstić information content (AvgIpc) is 3.56. The third-order valence-electron chi connectivity index (χ3n) is 7.78. The lowest BCUT2D eigenvalue weighted by Gasteiger charge is -2.30. The number of carbonyl (C=O) groups excluding carboxylic acids is 3. The normalized spacial score (nSPS) is 16.4. The van der Waals surface area contributed by atoms with Crippen LogP contribution in [0, 0.1) is 5.82 Å². The molecule has 3 aromatic rings. The van der Waals surface area contributed by atoms with Crippen LogP contribution >= 0.6 is 0 Å². The summed E-state index contributed by atoms with van der Waals surface area (Å²) in [6.07, 6.45) is 4.91. The van der Waals surface area contributed by atoms with Crippen molar-refractivity contribution in [2.75, 3.05) is 31.3 Å². The van der Waals surface area contributed by atoms with E-state index in [0.29, 0.717) is 29.4 Å². The summed E-state index contributed by atoms with van der Waals surface area (Å²) >= 11 is 0. The van der Waals surface area contributed by atoms with Crippen LogP contribution in [0.15, 0.2) is 40.8 Å². The summed E-state index contributed by atoms with van der Waals surface area (Å²) in [5.74, 6) is -1.82. The van der Waals surface area contributed by atoms with E-state index in [1.54, 1.807) is 6.07 Å². The molecule has 12 heteroatoms. The van der Waals surface area contributed by atoms with E-state index in [0.717, 1.165) is 36.2 Å². The van der Waals surface area contributed by atoms with Crippen molar-refractivity contribution in [1.29, 1.82) is 0 Å². The summed E-state index contributed by atoms with van der Waals surface area (Å²) in [7, 11) is -1.23. The number of amides is 2. The van der Waals surface area contributed by atoms with E-state index < -0.39 is 45.7 Å². The van der Waals surface area contributed by atoms with Crippen LogP contribution in [0.25, 0.3) is 22.3 Å². The number of rotatable bonds is 9. The van der Waals surface area contributed by atoms with Gasteiger partial charge in [-0.15, -0.1) is 0 Å². The van der Waals surface area contributed by atoms with Gasteiger partial charge in [0.25, 0.3) is 5.91 Å². The molecule has 2 aromatic carbocycles. The van der Waals surface area contributed by atoms with Gasteiger partial charge in [0.05, 0.1) is 24.6 Å². The van der Waals surface area contributed by atoms with Crippen molar-refractivity contribution in [2.24, 2.45) is 0 Å². The van der Waals surface area contributed by atoms with Crippen molar-refractivity contribution in [1.82, 2.24) is 10.6 Å². The first kappa shape index (κ1) is 28.6. The molecule has 1 heterocycles. The number of methoxy groups -OCH3 is 1. The molecular formula is C29H32FN3O7S. The summed E-state index contributed by atoms with van der Waals surface area (Å²) in [6.45, 7) is -0.559. The quantitative estimate of drug-likeness (QED) is 0.364. The third kappa shape index (κ3) is 5.52. The lowest BCUT2D eigenvalue weighted by Crippen LogP contribution is -2.55. The maximum absolute atomic E-state index is 13.6. The number of furan rings is 1. The Morgan fingerprint density at radius 3 is 2.34 bits per heavy atom. The van der Waals surface area contributed by atoms with Gasteiger partial charge in [0.2, 0.25) is 15.9 Å². The fourth-order valence-corrected chi connectivity index (χ4v) is 6.48. The maximum atomic E-state index is 13.6. The Morgan fingerprint density at radius 1 is 1.12 bits per heavy atom. The summed E-state index contributed by atoms with van der Waals surface area (Å²) in [6, 6.07) is 8.78. The second-order valence-corrected chi connectivity index (χ2v) is 12.6. The molecule has 2 fully saturated rings. The third-order valence-corrected chi connectivity index (χ3v) is 8.91. The molecule has 10 nitrogen and oxygen atoms in total. The molecule has 0 atom stereocenters. The minimum Gasteiger partial charge on any atom is -0.467 e. The van der Waals surface area contributed by atoms with E-state index in [1.165, 1.54) is 44.5 Å². The van der Waals surface area contributed by atoms with Gasteiger partial charge in [-0.3, -0.25) is 13.9 Å². The number of halogens is 1. The van der Waals surface area contributed by atoms with Crippen LogP contribution in [0.1, 0.15) is 60.4 Å². The Balaban J connectivity index is 1.60. The Hall–Kier alpha value is -3.93. The molecule has 0 aliphatic heterocycles. The van der Waals surface area contributed by atoms with Gasteiger partial charge in [-0.1, -0.05) is 12.8 Å². The van der Waals surface area contributed by atoms with E-state index in [2.05, 4.69) is 10.6 Å². The second-order valence-electron chi connectivity index (χ2n) is 10.7. The average molecular weight is 586 g/mol. The van der Waals surface area contributed by atoms with Crippen LogP contribution in [0.4, 0.5) is 10.1 Å². The van der Waals surface area contributed by atoms with Gasteiger partial charge in [-0.05, 0) is 67.5 Å². The number of nitrogens with zero attached hydrogens (tertiary/aromatic N) is 1. The fourth-order valence-electron chi connectivity index (χ4n) is 5.61. The number of sulfonamides is 1. The molecule has 2 amide bonds. The topological polar surface area (TPSA) is 135 Å². The molecule has 0 bridgehead atoms.